The number of carbonyl (C=O) groups excluding carboxylic acids is 1. The summed E-state index contributed by atoms with van der Waals surface area (Å²) in [4.78, 5) is 16.1. The smallest absolute Gasteiger partial charge is 0.315 e. The first kappa shape index (κ1) is 20.7. The maximum absolute atomic E-state index is 12.1. The van der Waals surface area contributed by atoms with Gasteiger partial charge >= 0.3 is 6.03 Å². The minimum Gasteiger partial charge on any atom is -0.478 e. The molecule has 0 atom stereocenters. The van der Waals surface area contributed by atoms with Gasteiger partial charge in [0.1, 0.15) is 0 Å². The molecule has 27 heavy (non-hydrogen) atoms. The number of ether oxygens (including phenoxy) is 1. The molecule has 0 radical (unpaired) electrons. The number of nitrogens with zero attached hydrogens (tertiary/aromatic N) is 1. The van der Waals surface area contributed by atoms with Crippen molar-refractivity contribution in [1.82, 2.24) is 20.3 Å². The quantitative estimate of drug-likeness (QED) is 0.561. The molecule has 1 heterocycles. The summed E-state index contributed by atoms with van der Waals surface area (Å²) in [7, 11) is -3.58. The van der Waals surface area contributed by atoms with E-state index in [-0.39, 0.29) is 24.0 Å². The van der Waals surface area contributed by atoms with E-state index in [9.17, 15) is 13.2 Å². The average Bonchev–Trinajstić information content (AvgIpc) is 2.64. The van der Waals surface area contributed by atoms with Crippen LogP contribution >= 0.6 is 0 Å². The Kier molecular flexibility index (Phi) is 7.56. The molecule has 0 bridgehead atoms. The predicted octanol–water partition coefficient (Wildman–Crippen LogP) is 1.57. The number of sulfonamides is 1. The third-order valence-corrected chi connectivity index (χ3v) is 5.06. The van der Waals surface area contributed by atoms with Crippen LogP contribution in [-0.4, -0.2) is 39.1 Å². The Hall–Kier alpha value is -2.65. The molecule has 2 rings (SSSR count). The van der Waals surface area contributed by atoms with Gasteiger partial charge in [-0.05, 0) is 37.6 Å². The van der Waals surface area contributed by atoms with Crippen molar-refractivity contribution in [2.45, 2.75) is 25.3 Å². The van der Waals surface area contributed by atoms with Crippen molar-refractivity contribution in [3.05, 3.63) is 53.7 Å². The molecule has 0 unspecified atom stereocenters. The van der Waals surface area contributed by atoms with Gasteiger partial charge in [0.2, 0.25) is 15.9 Å². The van der Waals surface area contributed by atoms with E-state index in [0.717, 1.165) is 11.1 Å². The zero-order chi connectivity index (χ0) is 19.7. The highest BCUT2D eigenvalue weighted by Crippen LogP contribution is 2.10. The van der Waals surface area contributed by atoms with Crippen molar-refractivity contribution in [3.63, 3.8) is 0 Å². The Balaban J connectivity index is 1.71. The number of aromatic nitrogens is 1. The second kappa shape index (κ2) is 9.89. The number of aryl methyl sites for hydroxylation is 1. The van der Waals surface area contributed by atoms with Crippen molar-refractivity contribution >= 4 is 16.1 Å². The second-order valence-electron chi connectivity index (χ2n) is 5.76. The fraction of sp³-hybridized carbons (Fsp3) is 0.333. The molecule has 9 heteroatoms. The molecule has 0 aliphatic carbocycles. The Bertz CT molecular complexity index is 854. The lowest BCUT2D eigenvalue weighted by molar-refractivity contribution is 0.240. The number of pyridine rings is 1. The molecule has 0 spiro atoms. The highest BCUT2D eigenvalue weighted by molar-refractivity contribution is 7.89. The molecule has 3 N–H and O–H groups in total. The van der Waals surface area contributed by atoms with Crippen molar-refractivity contribution in [3.8, 4) is 5.88 Å². The first-order valence-corrected chi connectivity index (χ1v) is 10.0. The van der Waals surface area contributed by atoms with E-state index in [1.807, 2.05) is 13.8 Å². The topological polar surface area (TPSA) is 109 Å². The summed E-state index contributed by atoms with van der Waals surface area (Å²) < 4.78 is 32.0. The molecule has 2 aromatic rings. The molecular formula is C18H24N4O4S. The zero-order valence-electron chi connectivity index (χ0n) is 15.4. The van der Waals surface area contributed by atoms with Gasteiger partial charge in [0.15, 0.2) is 0 Å². The summed E-state index contributed by atoms with van der Waals surface area (Å²) >= 11 is 0. The van der Waals surface area contributed by atoms with Crippen molar-refractivity contribution in [2.24, 2.45) is 0 Å². The third kappa shape index (κ3) is 6.87. The van der Waals surface area contributed by atoms with E-state index in [2.05, 4.69) is 20.3 Å². The third-order valence-electron chi connectivity index (χ3n) is 3.58. The van der Waals surface area contributed by atoms with E-state index in [1.165, 1.54) is 0 Å². The summed E-state index contributed by atoms with van der Waals surface area (Å²) in [5, 5.41) is 5.30. The Morgan fingerprint density at radius 3 is 2.56 bits per heavy atom. The minimum absolute atomic E-state index is 0.0906. The standard InChI is InChI=1S/C18H24N4O4S/c1-3-26-17-12-15(8-9-19-17)13-21-18(23)20-10-11-22-27(24,25)16-6-4-14(2)5-7-16/h4-9,12,22H,3,10-11,13H2,1-2H3,(H2,20,21,23). The van der Waals surface area contributed by atoms with Crippen LogP contribution in [0.15, 0.2) is 47.5 Å². The molecule has 146 valence electrons. The Morgan fingerprint density at radius 2 is 1.85 bits per heavy atom. The molecule has 0 saturated heterocycles. The van der Waals surface area contributed by atoms with Crippen molar-refractivity contribution < 1.29 is 17.9 Å². The highest BCUT2D eigenvalue weighted by atomic mass is 32.2. The van der Waals surface area contributed by atoms with Crippen molar-refractivity contribution in [1.29, 1.82) is 0 Å². The van der Waals surface area contributed by atoms with Gasteiger partial charge in [-0.15, -0.1) is 0 Å². The van der Waals surface area contributed by atoms with Crippen LogP contribution < -0.4 is 20.1 Å². The van der Waals surface area contributed by atoms with Gasteiger partial charge in [0, 0.05) is 31.9 Å². The Labute approximate surface area is 159 Å². The van der Waals surface area contributed by atoms with E-state index in [1.54, 1.807) is 42.6 Å². The van der Waals surface area contributed by atoms with Crippen LogP contribution in [0.1, 0.15) is 18.1 Å². The van der Waals surface area contributed by atoms with Crippen LogP contribution in [0.25, 0.3) is 0 Å². The molecule has 0 aliphatic heterocycles. The van der Waals surface area contributed by atoms with Gasteiger partial charge in [-0.25, -0.2) is 22.9 Å². The summed E-state index contributed by atoms with van der Waals surface area (Å²) in [5.41, 5.74) is 1.83. The van der Waals surface area contributed by atoms with Crippen LogP contribution in [0, 0.1) is 6.92 Å². The number of urea groups is 1. The van der Waals surface area contributed by atoms with Gasteiger partial charge in [-0.1, -0.05) is 17.7 Å². The number of benzene rings is 1. The maximum Gasteiger partial charge on any atom is 0.315 e. The predicted molar refractivity (Wildman–Crippen MR) is 102 cm³/mol. The summed E-state index contributed by atoms with van der Waals surface area (Å²) in [6.45, 7) is 4.83. The van der Waals surface area contributed by atoms with Gasteiger partial charge in [-0.2, -0.15) is 0 Å². The number of carbonyl (C=O) groups is 1. The van der Waals surface area contributed by atoms with E-state index >= 15 is 0 Å². The molecule has 8 nitrogen and oxygen atoms in total. The summed E-state index contributed by atoms with van der Waals surface area (Å²) in [5.74, 6) is 0.503. The lowest BCUT2D eigenvalue weighted by Crippen LogP contribution is -2.40. The van der Waals surface area contributed by atoms with E-state index < -0.39 is 10.0 Å². The largest absolute Gasteiger partial charge is 0.478 e. The number of hydrogen-bond donors (Lipinski definition) is 3. The zero-order valence-corrected chi connectivity index (χ0v) is 16.2. The first-order valence-electron chi connectivity index (χ1n) is 8.56. The molecule has 1 aromatic carbocycles. The molecule has 0 saturated carbocycles. The second-order valence-corrected chi connectivity index (χ2v) is 7.52. The molecule has 0 fully saturated rings. The van der Waals surface area contributed by atoms with Crippen LogP contribution in [-0.2, 0) is 16.6 Å². The maximum atomic E-state index is 12.1. The van der Waals surface area contributed by atoms with Crippen LogP contribution in [0.5, 0.6) is 5.88 Å². The molecular weight excluding hydrogens is 368 g/mol. The van der Waals surface area contributed by atoms with Crippen LogP contribution in [0.2, 0.25) is 0 Å². The van der Waals surface area contributed by atoms with Crippen LogP contribution in [0.3, 0.4) is 0 Å². The fourth-order valence-electron chi connectivity index (χ4n) is 2.19. The van der Waals surface area contributed by atoms with Crippen molar-refractivity contribution in [2.75, 3.05) is 19.7 Å². The minimum atomic E-state index is -3.58. The number of hydrogen-bond acceptors (Lipinski definition) is 5. The molecule has 0 aliphatic rings. The lowest BCUT2D eigenvalue weighted by Gasteiger charge is -2.10. The van der Waals surface area contributed by atoms with Gasteiger partial charge in [0.05, 0.1) is 11.5 Å². The Morgan fingerprint density at radius 1 is 1.11 bits per heavy atom. The number of amides is 2. The monoisotopic (exact) mass is 392 g/mol. The normalized spacial score (nSPS) is 11.0. The first-order chi connectivity index (χ1) is 12.9. The molecule has 1 aromatic heterocycles. The number of rotatable bonds is 9. The number of nitrogens with one attached hydrogen (secondary N) is 3. The molecule has 2 amide bonds. The summed E-state index contributed by atoms with van der Waals surface area (Å²) in [6, 6.07) is 9.69. The SMILES string of the molecule is CCOc1cc(CNC(=O)NCCNS(=O)(=O)c2ccc(C)cc2)ccn1. The average molecular weight is 392 g/mol. The highest BCUT2D eigenvalue weighted by Gasteiger charge is 2.12. The van der Waals surface area contributed by atoms with Gasteiger partial charge < -0.3 is 15.4 Å². The summed E-state index contributed by atoms with van der Waals surface area (Å²) in [6.07, 6.45) is 1.61. The van der Waals surface area contributed by atoms with Crippen LogP contribution in [0.4, 0.5) is 4.79 Å². The lowest BCUT2D eigenvalue weighted by atomic mass is 10.2. The van der Waals surface area contributed by atoms with E-state index in [4.69, 9.17) is 4.74 Å². The van der Waals surface area contributed by atoms with Gasteiger partial charge in [-0.3, -0.25) is 0 Å². The van der Waals surface area contributed by atoms with E-state index in [0.29, 0.717) is 19.0 Å². The van der Waals surface area contributed by atoms with Gasteiger partial charge in [0.25, 0.3) is 0 Å². The fourth-order valence-corrected chi connectivity index (χ4v) is 3.23.